The van der Waals surface area contributed by atoms with Crippen LogP contribution < -0.4 is 5.32 Å². The van der Waals surface area contributed by atoms with E-state index in [1.807, 2.05) is 20.9 Å². The minimum Gasteiger partial charge on any atom is -0.349 e. The molecule has 0 bridgehead atoms. The van der Waals surface area contributed by atoms with Crippen LogP contribution in [0.3, 0.4) is 0 Å². The summed E-state index contributed by atoms with van der Waals surface area (Å²) in [5, 5.41) is 7.23. The largest absolute Gasteiger partial charge is 0.349 e. The van der Waals surface area contributed by atoms with E-state index in [4.69, 9.17) is 0 Å². The number of hydrogen-bond acceptors (Lipinski definition) is 4. The molecule has 0 aromatic carbocycles. The van der Waals surface area contributed by atoms with E-state index in [-0.39, 0.29) is 11.9 Å². The van der Waals surface area contributed by atoms with Crippen LogP contribution in [0.1, 0.15) is 34.6 Å². The molecule has 1 aromatic rings. The van der Waals surface area contributed by atoms with E-state index in [9.17, 15) is 13.2 Å². The van der Waals surface area contributed by atoms with Crippen molar-refractivity contribution in [2.24, 2.45) is 7.05 Å². The molecule has 2 rings (SSSR count). The first-order valence-electron chi connectivity index (χ1n) is 6.96. The summed E-state index contributed by atoms with van der Waals surface area (Å²) >= 11 is 0. The third-order valence-corrected chi connectivity index (χ3v) is 5.30. The molecule has 0 saturated carbocycles. The molecule has 0 radical (unpaired) electrons. The number of amides is 1. The first-order chi connectivity index (χ1) is 9.70. The number of sulfonamides is 1. The molecule has 7 nitrogen and oxygen atoms in total. The summed E-state index contributed by atoms with van der Waals surface area (Å²) in [6.45, 7) is 4.58. The number of aryl methyl sites for hydroxylation is 2. The summed E-state index contributed by atoms with van der Waals surface area (Å²) in [7, 11) is -1.32. The van der Waals surface area contributed by atoms with Gasteiger partial charge in [-0.3, -0.25) is 9.48 Å². The summed E-state index contributed by atoms with van der Waals surface area (Å²) in [5.74, 6) is -0.129. The quantitative estimate of drug-likeness (QED) is 0.863. The number of carbonyl (C=O) groups excluding carboxylic acids is 1. The standard InChI is InChI=1S/C13H22N4O3S/c1-9-12(10(2)16(3)15-9)13(18)14-11-5-7-17(8-6-11)21(4,19)20/h11H,5-8H2,1-4H3,(H,14,18). The van der Waals surface area contributed by atoms with Gasteiger partial charge in [0.05, 0.1) is 17.5 Å². The van der Waals surface area contributed by atoms with Gasteiger partial charge in [-0.2, -0.15) is 5.10 Å². The van der Waals surface area contributed by atoms with Crippen molar-refractivity contribution in [3.8, 4) is 0 Å². The molecule has 8 heteroatoms. The highest BCUT2D eigenvalue weighted by Crippen LogP contribution is 2.16. The van der Waals surface area contributed by atoms with Crippen LogP contribution in [0.5, 0.6) is 0 Å². The summed E-state index contributed by atoms with van der Waals surface area (Å²) in [4.78, 5) is 12.4. The maximum absolute atomic E-state index is 12.4. The van der Waals surface area contributed by atoms with Gasteiger partial charge in [-0.1, -0.05) is 0 Å². The van der Waals surface area contributed by atoms with Crippen LogP contribution in [-0.4, -0.2) is 53.8 Å². The van der Waals surface area contributed by atoms with Crippen molar-refractivity contribution in [1.29, 1.82) is 0 Å². The molecule has 1 aliphatic heterocycles. The molecule has 21 heavy (non-hydrogen) atoms. The Kier molecular flexibility index (Phi) is 4.38. The maximum Gasteiger partial charge on any atom is 0.255 e. The first-order valence-corrected chi connectivity index (χ1v) is 8.81. The maximum atomic E-state index is 12.4. The Hall–Kier alpha value is -1.41. The SMILES string of the molecule is Cc1nn(C)c(C)c1C(=O)NC1CCN(S(C)(=O)=O)CC1. The Morgan fingerprint density at radius 3 is 2.29 bits per heavy atom. The third kappa shape index (κ3) is 3.44. The molecule has 2 heterocycles. The van der Waals surface area contributed by atoms with Crippen LogP contribution in [0.4, 0.5) is 0 Å². The zero-order valence-corrected chi connectivity index (χ0v) is 13.7. The van der Waals surface area contributed by atoms with E-state index < -0.39 is 10.0 Å². The number of carbonyl (C=O) groups is 1. The van der Waals surface area contributed by atoms with E-state index in [0.717, 1.165) is 5.69 Å². The van der Waals surface area contributed by atoms with E-state index in [1.165, 1.54) is 10.6 Å². The Morgan fingerprint density at radius 2 is 1.86 bits per heavy atom. The fourth-order valence-electron chi connectivity index (χ4n) is 2.69. The lowest BCUT2D eigenvalue weighted by atomic mass is 10.1. The van der Waals surface area contributed by atoms with Crippen molar-refractivity contribution in [3.63, 3.8) is 0 Å². The predicted octanol–water partition coefficient (Wildman–Crippen LogP) is 0.191. The number of nitrogens with zero attached hydrogens (tertiary/aromatic N) is 3. The van der Waals surface area contributed by atoms with Gasteiger partial charge in [-0.05, 0) is 26.7 Å². The van der Waals surface area contributed by atoms with Gasteiger partial charge in [0.2, 0.25) is 10.0 Å². The number of rotatable bonds is 3. The Bertz CT molecular complexity index is 643. The van der Waals surface area contributed by atoms with Crippen molar-refractivity contribution in [2.75, 3.05) is 19.3 Å². The first kappa shape index (κ1) is 16.0. The minimum atomic E-state index is -3.13. The second kappa shape index (κ2) is 5.76. The Morgan fingerprint density at radius 1 is 1.29 bits per heavy atom. The molecule has 118 valence electrons. The average Bonchev–Trinajstić information content (AvgIpc) is 2.62. The van der Waals surface area contributed by atoms with Gasteiger partial charge in [0, 0.05) is 31.9 Å². The van der Waals surface area contributed by atoms with Gasteiger partial charge in [0.15, 0.2) is 0 Å². The molecular formula is C13H22N4O3S. The fraction of sp³-hybridized carbons (Fsp3) is 0.692. The lowest BCUT2D eigenvalue weighted by molar-refractivity contribution is 0.0922. The van der Waals surface area contributed by atoms with Gasteiger partial charge >= 0.3 is 0 Å². The molecular weight excluding hydrogens is 292 g/mol. The molecule has 0 unspecified atom stereocenters. The van der Waals surface area contributed by atoms with Crippen molar-refractivity contribution < 1.29 is 13.2 Å². The van der Waals surface area contributed by atoms with Gasteiger partial charge < -0.3 is 5.32 Å². The summed E-state index contributed by atoms with van der Waals surface area (Å²) in [5.41, 5.74) is 2.16. The van der Waals surface area contributed by atoms with Crippen LogP contribution in [0, 0.1) is 13.8 Å². The highest BCUT2D eigenvalue weighted by molar-refractivity contribution is 7.88. The third-order valence-electron chi connectivity index (χ3n) is 3.99. The highest BCUT2D eigenvalue weighted by atomic mass is 32.2. The van der Waals surface area contributed by atoms with E-state index in [2.05, 4.69) is 10.4 Å². The molecule has 0 aliphatic carbocycles. The van der Waals surface area contributed by atoms with E-state index in [1.54, 1.807) is 4.68 Å². The molecule has 1 amide bonds. The van der Waals surface area contributed by atoms with E-state index >= 15 is 0 Å². The summed E-state index contributed by atoms with van der Waals surface area (Å²) in [6.07, 6.45) is 2.49. The molecule has 1 fully saturated rings. The molecule has 1 aliphatic rings. The van der Waals surface area contributed by atoms with Crippen LogP contribution >= 0.6 is 0 Å². The van der Waals surface area contributed by atoms with Gasteiger partial charge in [0.25, 0.3) is 5.91 Å². The molecule has 1 aromatic heterocycles. The van der Waals surface area contributed by atoms with Crippen LogP contribution in [0.25, 0.3) is 0 Å². The Balaban J connectivity index is 1.99. The lowest BCUT2D eigenvalue weighted by Crippen LogP contribution is -2.46. The molecule has 0 atom stereocenters. The molecule has 1 N–H and O–H groups in total. The monoisotopic (exact) mass is 314 g/mol. The topological polar surface area (TPSA) is 84.3 Å². The number of piperidine rings is 1. The normalized spacial score (nSPS) is 17.9. The smallest absolute Gasteiger partial charge is 0.255 e. The number of aromatic nitrogens is 2. The van der Waals surface area contributed by atoms with Gasteiger partial charge in [-0.15, -0.1) is 0 Å². The minimum absolute atomic E-state index is 0.00880. The number of nitrogens with one attached hydrogen (secondary N) is 1. The van der Waals surface area contributed by atoms with E-state index in [0.29, 0.717) is 37.2 Å². The summed E-state index contributed by atoms with van der Waals surface area (Å²) < 4.78 is 26.1. The van der Waals surface area contributed by atoms with Crippen molar-refractivity contribution >= 4 is 15.9 Å². The molecule has 1 saturated heterocycles. The summed E-state index contributed by atoms with van der Waals surface area (Å²) in [6, 6.07) is 0.00880. The van der Waals surface area contributed by atoms with Crippen LogP contribution in [0.15, 0.2) is 0 Å². The van der Waals surface area contributed by atoms with Crippen molar-refractivity contribution in [1.82, 2.24) is 19.4 Å². The van der Waals surface area contributed by atoms with Crippen molar-refractivity contribution in [3.05, 3.63) is 17.0 Å². The van der Waals surface area contributed by atoms with Crippen molar-refractivity contribution in [2.45, 2.75) is 32.7 Å². The van der Waals surface area contributed by atoms with Crippen LogP contribution in [-0.2, 0) is 17.1 Å². The lowest BCUT2D eigenvalue weighted by Gasteiger charge is -2.30. The highest BCUT2D eigenvalue weighted by Gasteiger charge is 2.27. The second-order valence-electron chi connectivity index (χ2n) is 5.58. The average molecular weight is 314 g/mol. The number of hydrogen-bond donors (Lipinski definition) is 1. The Labute approximate surface area is 125 Å². The molecule has 0 spiro atoms. The predicted molar refractivity (Wildman–Crippen MR) is 79.6 cm³/mol. The van der Waals surface area contributed by atoms with Gasteiger partial charge in [-0.25, -0.2) is 12.7 Å². The second-order valence-corrected chi connectivity index (χ2v) is 7.56. The zero-order chi connectivity index (χ0) is 15.8. The zero-order valence-electron chi connectivity index (χ0n) is 12.9. The van der Waals surface area contributed by atoms with Crippen LogP contribution in [0.2, 0.25) is 0 Å². The van der Waals surface area contributed by atoms with Gasteiger partial charge in [0.1, 0.15) is 0 Å². The fourth-order valence-corrected chi connectivity index (χ4v) is 3.57.